The number of hydrogen-bond acceptors (Lipinski definition) is 0. The zero-order chi connectivity index (χ0) is 25.0. The van der Waals surface area contributed by atoms with Gasteiger partial charge in [0.25, 0.3) is 0 Å². The maximum atomic E-state index is 6.34. The van der Waals surface area contributed by atoms with E-state index in [0.29, 0.717) is 0 Å². The molecular weight excluding hydrogens is 406 g/mol. The van der Waals surface area contributed by atoms with Crippen molar-refractivity contribution in [1.82, 2.24) is 4.98 Å². The average Bonchev–Trinajstić information content (AvgIpc) is 3.15. The summed E-state index contributed by atoms with van der Waals surface area (Å²) in [6.07, 6.45) is 2.10. The fourth-order valence-corrected chi connectivity index (χ4v) is 3.53. The first-order valence-electron chi connectivity index (χ1n) is 12.0. The summed E-state index contributed by atoms with van der Waals surface area (Å²) < 4.78 is 12.7. The van der Waals surface area contributed by atoms with E-state index in [2.05, 4.69) is 125 Å². The summed E-state index contributed by atoms with van der Waals surface area (Å²) in [5, 5.41) is 0. The highest BCUT2D eigenvalue weighted by Gasteiger charge is 2.36. The molecule has 0 bridgehead atoms. The Morgan fingerprint density at radius 2 is 0.788 bits per heavy atom. The van der Waals surface area contributed by atoms with Crippen molar-refractivity contribution in [3.05, 3.63) is 59.6 Å². The van der Waals surface area contributed by atoms with E-state index in [1.165, 1.54) is 5.56 Å². The molecule has 3 heterocycles. The van der Waals surface area contributed by atoms with Crippen LogP contribution in [-0.2, 0) is 21.7 Å². The minimum atomic E-state index is -0.0738. The Labute approximate surface area is 200 Å². The van der Waals surface area contributed by atoms with Crippen LogP contribution in [0.3, 0.4) is 0 Å². The molecule has 178 valence electrons. The monoisotopic (exact) mass is 449 g/mol. The third-order valence-corrected chi connectivity index (χ3v) is 5.87. The van der Waals surface area contributed by atoms with Crippen LogP contribution < -0.4 is 0 Å². The van der Waals surface area contributed by atoms with E-state index in [4.69, 9.17) is 8.83 Å². The molecule has 3 heteroatoms. The highest BCUT2D eigenvalue weighted by atomic mass is 16.3. The molecule has 0 saturated carbocycles. The molecule has 3 aromatic rings. The Morgan fingerprint density at radius 3 is 1.12 bits per heavy atom. The zero-order valence-corrected chi connectivity index (χ0v) is 22.8. The summed E-state index contributed by atoms with van der Waals surface area (Å²) in [4.78, 5) is 3.52. The quantitative estimate of drug-likeness (QED) is 0.396. The van der Waals surface area contributed by atoms with Gasteiger partial charge in [-0.3, -0.25) is 0 Å². The molecule has 0 unspecified atom stereocenters. The van der Waals surface area contributed by atoms with Crippen molar-refractivity contribution >= 4 is 0 Å². The largest absolute Gasteiger partial charge is 0.361 e. The molecular formula is C30H43NO2+2. The van der Waals surface area contributed by atoms with E-state index < -0.39 is 0 Å². The first-order valence-corrected chi connectivity index (χ1v) is 12.0. The number of hydrogen-bond donors (Lipinski definition) is 1. The van der Waals surface area contributed by atoms with Crippen LogP contribution in [0.25, 0.3) is 22.4 Å². The standard InChI is InChI=1S/C30H43NO2/c1-27(2,3)23-14-19(15-24(32-23)28(4,5)6)21-13-22(31-18-21)20-16-25(29(7,8)9)33-26(17-20)30(10,11)12/h13-18,31H,1-12H3/q+2. The fraction of sp³-hybridized carbons (Fsp3) is 0.533. The Balaban J connectivity index is 2.15. The molecule has 0 saturated heterocycles. The summed E-state index contributed by atoms with van der Waals surface area (Å²) in [5.41, 5.74) is 4.28. The molecule has 0 aliphatic rings. The number of aromatic nitrogens is 1. The molecule has 0 fully saturated rings. The molecule has 0 amide bonds. The predicted molar refractivity (Wildman–Crippen MR) is 140 cm³/mol. The first-order chi connectivity index (χ1) is 14.9. The van der Waals surface area contributed by atoms with Gasteiger partial charge in [0.1, 0.15) is 0 Å². The van der Waals surface area contributed by atoms with Gasteiger partial charge in [0.2, 0.25) is 0 Å². The Hall–Kier alpha value is -2.42. The maximum absolute atomic E-state index is 6.34. The molecule has 3 rings (SSSR count). The van der Waals surface area contributed by atoms with Gasteiger partial charge < -0.3 is 4.98 Å². The minimum absolute atomic E-state index is 0.0701. The van der Waals surface area contributed by atoms with Crippen LogP contribution in [0, 0.1) is 0 Å². The van der Waals surface area contributed by atoms with Crippen molar-refractivity contribution in [1.29, 1.82) is 0 Å². The molecule has 0 aliphatic heterocycles. The zero-order valence-electron chi connectivity index (χ0n) is 22.8. The van der Waals surface area contributed by atoms with Crippen LogP contribution in [0.5, 0.6) is 0 Å². The average molecular weight is 450 g/mol. The second-order valence-electron chi connectivity index (χ2n) is 13.5. The normalized spacial score (nSPS) is 13.5. The van der Waals surface area contributed by atoms with Crippen LogP contribution in [0.1, 0.15) is 106 Å². The summed E-state index contributed by atoms with van der Waals surface area (Å²) in [6.45, 7) is 26.3. The highest BCUT2D eigenvalue weighted by molar-refractivity contribution is 5.72. The second-order valence-corrected chi connectivity index (χ2v) is 13.5. The van der Waals surface area contributed by atoms with Gasteiger partial charge >= 0.3 is 23.0 Å². The van der Waals surface area contributed by atoms with Gasteiger partial charge in [0.15, 0.2) is 0 Å². The molecule has 0 aliphatic carbocycles. The summed E-state index contributed by atoms with van der Waals surface area (Å²) >= 11 is 0. The molecule has 0 atom stereocenters. The molecule has 0 aromatic carbocycles. The lowest BCUT2D eigenvalue weighted by atomic mass is 9.87. The second kappa shape index (κ2) is 8.11. The molecule has 3 aromatic heterocycles. The lowest BCUT2D eigenvalue weighted by Gasteiger charge is -2.15. The van der Waals surface area contributed by atoms with Gasteiger partial charge in [-0.1, -0.05) is 0 Å². The van der Waals surface area contributed by atoms with E-state index in [1.807, 2.05) is 0 Å². The van der Waals surface area contributed by atoms with Crippen LogP contribution in [-0.4, -0.2) is 4.98 Å². The molecule has 1 N–H and O–H groups in total. The van der Waals surface area contributed by atoms with Crippen molar-refractivity contribution in [3.63, 3.8) is 0 Å². The van der Waals surface area contributed by atoms with E-state index in [0.717, 1.165) is 39.9 Å². The lowest BCUT2D eigenvalue weighted by Crippen LogP contribution is -2.16. The van der Waals surface area contributed by atoms with E-state index in [-0.39, 0.29) is 21.7 Å². The predicted octanol–water partition coefficient (Wildman–Crippen LogP) is 9.29. The van der Waals surface area contributed by atoms with E-state index >= 15 is 0 Å². The van der Waals surface area contributed by atoms with Gasteiger partial charge in [0, 0.05) is 52.8 Å². The van der Waals surface area contributed by atoms with Crippen molar-refractivity contribution in [2.24, 2.45) is 0 Å². The van der Waals surface area contributed by atoms with Crippen molar-refractivity contribution in [2.45, 2.75) is 105 Å². The van der Waals surface area contributed by atoms with Gasteiger partial charge in [-0.05, 0) is 89.2 Å². The molecule has 33 heavy (non-hydrogen) atoms. The highest BCUT2D eigenvalue weighted by Crippen LogP contribution is 2.37. The van der Waals surface area contributed by atoms with Crippen LogP contribution in [0.2, 0.25) is 0 Å². The Bertz CT molecular complexity index is 985. The van der Waals surface area contributed by atoms with Gasteiger partial charge in [-0.2, -0.15) is 0 Å². The van der Waals surface area contributed by atoms with Crippen LogP contribution in [0.15, 0.2) is 45.4 Å². The molecule has 0 spiro atoms. The lowest BCUT2D eigenvalue weighted by molar-refractivity contribution is 0.329. The molecule has 3 nitrogen and oxygen atoms in total. The number of aromatic amines is 1. The van der Waals surface area contributed by atoms with Crippen molar-refractivity contribution in [3.8, 4) is 22.4 Å². The fourth-order valence-electron chi connectivity index (χ4n) is 3.53. The number of nitrogens with one attached hydrogen (secondary N) is 1. The smallest absolute Gasteiger partial charge is 0.335 e. The third kappa shape index (κ3) is 5.75. The Morgan fingerprint density at radius 1 is 0.455 bits per heavy atom. The Kier molecular flexibility index (Phi) is 6.20. The van der Waals surface area contributed by atoms with Crippen LogP contribution >= 0.6 is 0 Å². The summed E-state index contributed by atoms with van der Waals surface area (Å²) in [5.74, 6) is 3.97. The summed E-state index contributed by atoms with van der Waals surface area (Å²) in [6, 6.07) is 11.0. The van der Waals surface area contributed by atoms with E-state index in [9.17, 15) is 0 Å². The summed E-state index contributed by atoms with van der Waals surface area (Å²) in [7, 11) is 0. The minimum Gasteiger partial charge on any atom is -0.361 e. The molecule has 0 radical (unpaired) electrons. The SMILES string of the molecule is CC(C)(C)c1cc(-c2c[nH]c(-c3cc(C(C)(C)C)[o+]c(C(C)(C)C)c3)c2)cc(C(C)(C)C)[o+]1. The number of rotatable bonds is 2. The number of H-pyrrole nitrogens is 1. The maximum Gasteiger partial charge on any atom is 0.335 e. The van der Waals surface area contributed by atoms with Crippen molar-refractivity contribution in [2.75, 3.05) is 0 Å². The first kappa shape index (κ1) is 25.2. The third-order valence-electron chi connectivity index (χ3n) is 5.87. The van der Waals surface area contributed by atoms with Crippen LogP contribution in [0.4, 0.5) is 0 Å². The van der Waals surface area contributed by atoms with Crippen molar-refractivity contribution < 1.29 is 8.83 Å². The van der Waals surface area contributed by atoms with Gasteiger partial charge in [-0.25, -0.2) is 8.83 Å². The van der Waals surface area contributed by atoms with Gasteiger partial charge in [0.05, 0.1) is 21.7 Å². The van der Waals surface area contributed by atoms with Gasteiger partial charge in [-0.15, -0.1) is 0 Å². The topological polar surface area (TPSA) is 38.4 Å². The van der Waals surface area contributed by atoms with E-state index in [1.54, 1.807) is 0 Å².